The van der Waals surface area contributed by atoms with Crippen molar-refractivity contribution in [3.63, 3.8) is 0 Å². The van der Waals surface area contributed by atoms with Crippen LogP contribution in [0.3, 0.4) is 0 Å². The Morgan fingerprint density at radius 1 is 1.15 bits per heavy atom. The van der Waals surface area contributed by atoms with Crippen molar-refractivity contribution < 1.29 is 9.59 Å². The molecule has 27 heavy (non-hydrogen) atoms. The van der Waals surface area contributed by atoms with Gasteiger partial charge in [0.15, 0.2) is 0 Å². The van der Waals surface area contributed by atoms with Crippen LogP contribution in [0.25, 0.3) is 0 Å². The highest BCUT2D eigenvalue weighted by Crippen LogP contribution is 2.20. The van der Waals surface area contributed by atoms with Crippen LogP contribution in [0.5, 0.6) is 0 Å². The van der Waals surface area contributed by atoms with Crippen LogP contribution in [0.2, 0.25) is 0 Å². The molecule has 0 atom stereocenters. The Balaban J connectivity index is 1.56. The number of hydrogen-bond donors (Lipinski definition) is 1. The van der Waals surface area contributed by atoms with Crippen LogP contribution in [-0.4, -0.2) is 34.7 Å². The van der Waals surface area contributed by atoms with Gasteiger partial charge in [-0.2, -0.15) is 5.10 Å². The molecule has 1 aromatic carbocycles. The second kappa shape index (κ2) is 8.32. The average molecular weight is 364 g/mol. The number of aromatic nitrogens is 2. The predicted molar refractivity (Wildman–Crippen MR) is 101 cm³/mol. The Hall–Kier alpha value is -3.40. The highest BCUT2D eigenvalue weighted by Gasteiger charge is 2.19. The van der Waals surface area contributed by atoms with E-state index in [1.54, 1.807) is 4.90 Å². The van der Waals surface area contributed by atoms with Gasteiger partial charge in [0, 0.05) is 37.3 Å². The maximum absolute atomic E-state index is 12.0. The van der Waals surface area contributed by atoms with Crippen LogP contribution < -0.4 is 15.8 Å². The van der Waals surface area contributed by atoms with Gasteiger partial charge >= 0.3 is 0 Å². The number of anilines is 1. The minimum Gasteiger partial charge on any atom is -0.340 e. The molecular weight excluding hydrogens is 344 g/mol. The number of amides is 2. The van der Waals surface area contributed by atoms with Gasteiger partial charge in [-0.25, -0.2) is 4.68 Å². The fraction of sp³-hybridized carbons (Fsp3) is 0.300. The number of nitrogens with one attached hydrogen (secondary N) is 1. The van der Waals surface area contributed by atoms with E-state index in [2.05, 4.69) is 22.3 Å². The molecule has 0 unspecified atom stereocenters. The highest BCUT2D eigenvalue weighted by atomic mass is 16.2. The lowest BCUT2D eigenvalue weighted by Gasteiger charge is -2.26. The molecule has 1 saturated heterocycles. The Morgan fingerprint density at radius 3 is 2.63 bits per heavy atom. The molecule has 0 radical (unpaired) electrons. The van der Waals surface area contributed by atoms with Gasteiger partial charge in [-0.15, -0.1) is 0 Å². The lowest BCUT2D eigenvalue weighted by atomic mass is 10.1. The molecule has 2 amide bonds. The maximum Gasteiger partial charge on any atom is 0.272 e. The zero-order chi connectivity index (χ0) is 19.2. The summed E-state index contributed by atoms with van der Waals surface area (Å²) in [6, 6.07) is 10.2. The van der Waals surface area contributed by atoms with E-state index < -0.39 is 0 Å². The second-order valence-electron chi connectivity index (χ2n) is 6.21. The smallest absolute Gasteiger partial charge is 0.272 e. The van der Waals surface area contributed by atoms with Crippen molar-refractivity contribution in [3.8, 4) is 11.8 Å². The molecular formula is C20H20N4O3. The SMILES string of the molecule is Cn1nc(C(=O)NCC#Cc2ccc(N3CCCCC3=O)cc2)ccc1=O. The van der Waals surface area contributed by atoms with Gasteiger partial charge in [0.1, 0.15) is 5.69 Å². The fourth-order valence-corrected chi connectivity index (χ4v) is 2.79. The van der Waals surface area contributed by atoms with Crippen molar-refractivity contribution in [3.05, 3.63) is 58.0 Å². The quantitative estimate of drug-likeness (QED) is 0.826. The highest BCUT2D eigenvalue weighted by molar-refractivity contribution is 5.94. The van der Waals surface area contributed by atoms with Crippen LogP contribution in [-0.2, 0) is 11.8 Å². The average Bonchev–Trinajstić information content (AvgIpc) is 2.68. The molecule has 1 aromatic heterocycles. The standard InChI is InChI=1S/C20H20N4O3/c1-23-18(25)12-11-17(22-23)20(27)21-13-4-5-15-7-9-16(10-8-15)24-14-3-2-6-19(24)26/h7-12H,2-3,6,13-14H2,1H3,(H,21,27). The van der Waals surface area contributed by atoms with Gasteiger partial charge < -0.3 is 10.2 Å². The van der Waals surface area contributed by atoms with E-state index in [0.717, 1.165) is 35.3 Å². The molecule has 0 bridgehead atoms. The molecule has 7 nitrogen and oxygen atoms in total. The first-order chi connectivity index (χ1) is 13.0. The van der Waals surface area contributed by atoms with Crippen molar-refractivity contribution in [2.24, 2.45) is 7.05 Å². The summed E-state index contributed by atoms with van der Waals surface area (Å²) < 4.78 is 1.11. The number of aryl methyl sites for hydroxylation is 1. The molecule has 0 saturated carbocycles. The molecule has 0 aliphatic carbocycles. The first-order valence-corrected chi connectivity index (χ1v) is 8.76. The molecule has 138 valence electrons. The molecule has 1 aliphatic rings. The van der Waals surface area contributed by atoms with Gasteiger partial charge in [-0.05, 0) is 43.2 Å². The van der Waals surface area contributed by atoms with Crippen LogP contribution in [0, 0.1) is 11.8 Å². The zero-order valence-electron chi connectivity index (χ0n) is 15.1. The molecule has 2 aromatic rings. The van der Waals surface area contributed by atoms with Crippen molar-refractivity contribution in [2.75, 3.05) is 18.0 Å². The number of piperidine rings is 1. The van der Waals surface area contributed by atoms with E-state index >= 15 is 0 Å². The Kier molecular flexibility index (Phi) is 5.67. The minimum absolute atomic E-state index is 0.162. The Labute approximate surface area is 157 Å². The number of carbonyl (C=O) groups excluding carboxylic acids is 2. The molecule has 7 heteroatoms. The van der Waals surface area contributed by atoms with Crippen LogP contribution in [0.4, 0.5) is 5.69 Å². The molecule has 1 fully saturated rings. The first kappa shape index (κ1) is 18.4. The number of benzene rings is 1. The summed E-state index contributed by atoms with van der Waals surface area (Å²) in [4.78, 5) is 37.0. The monoisotopic (exact) mass is 364 g/mol. The summed E-state index contributed by atoms with van der Waals surface area (Å²) in [6.07, 6.45) is 2.59. The van der Waals surface area contributed by atoms with E-state index in [4.69, 9.17) is 0 Å². The molecule has 2 heterocycles. The largest absolute Gasteiger partial charge is 0.340 e. The summed E-state index contributed by atoms with van der Waals surface area (Å²) in [7, 11) is 1.49. The van der Waals surface area contributed by atoms with Crippen LogP contribution in [0.15, 0.2) is 41.2 Å². The zero-order valence-corrected chi connectivity index (χ0v) is 15.1. The molecule has 0 spiro atoms. The second-order valence-corrected chi connectivity index (χ2v) is 6.21. The molecule has 1 aliphatic heterocycles. The van der Waals surface area contributed by atoms with Gasteiger partial charge in [0.2, 0.25) is 5.91 Å². The van der Waals surface area contributed by atoms with E-state index in [-0.39, 0.29) is 29.6 Å². The van der Waals surface area contributed by atoms with E-state index in [9.17, 15) is 14.4 Å². The molecule has 1 N–H and O–H groups in total. The van der Waals surface area contributed by atoms with Gasteiger partial charge in [0.25, 0.3) is 11.5 Å². The summed E-state index contributed by atoms with van der Waals surface area (Å²) in [5.41, 5.74) is 1.58. The third-order valence-corrected chi connectivity index (χ3v) is 4.27. The van der Waals surface area contributed by atoms with Crippen LogP contribution >= 0.6 is 0 Å². The Morgan fingerprint density at radius 2 is 1.93 bits per heavy atom. The normalized spacial score (nSPS) is 13.7. The van der Waals surface area contributed by atoms with Crippen LogP contribution in [0.1, 0.15) is 35.3 Å². The van der Waals surface area contributed by atoms with Gasteiger partial charge in [0.05, 0.1) is 6.54 Å². The van der Waals surface area contributed by atoms with Gasteiger partial charge in [-0.1, -0.05) is 11.8 Å². The number of carbonyl (C=O) groups is 2. The fourth-order valence-electron chi connectivity index (χ4n) is 2.79. The van der Waals surface area contributed by atoms with Gasteiger partial charge in [-0.3, -0.25) is 14.4 Å². The minimum atomic E-state index is -0.390. The van der Waals surface area contributed by atoms with Crippen molar-refractivity contribution in [2.45, 2.75) is 19.3 Å². The third kappa shape index (κ3) is 4.61. The third-order valence-electron chi connectivity index (χ3n) is 4.27. The van der Waals surface area contributed by atoms with E-state index in [0.29, 0.717) is 6.42 Å². The lowest BCUT2D eigenvalue weighted by molar-refractivity contribution is -0.119. The van der Waals surface area contributed by atoms with Crippen molar-refractivity contribution >= 4 is 17.5 Å². The van der Waals surface area contributed by atoms with Crippen molar-refractivity contribution in [1.29, 1.82) is 0 Å². The summed E-state index contributed by atoms with van der Waals surface area (Å²) in [5, 5.41) is 6.52. The topological polar surface area (TPSA) is 84.3 Å². The summed E-state index contributed by atoms with van der Waals surface area (Å²) >= 11 is 0. The van der Waals surface area contributed by atoms with Crippen molar-refractivity contribution in [1.82, 2.24) is 15.1 Å². The lowest BCUT2D eigenvalue weighted by Crippen LogP contribution is -2.35. The van der Waals surface area contributed by atoms with E-state index in [1.807, 2.05) is 24.3 Å². The maximum atomic E-state index is 12.0. The summed E-state index contributed by atoms with van der Waals surface area (Å²) in [5.74, 6) is 5.62. The number of rotatable bonds is 3. The Bertz CT molecular complexity index is 967. The summed E-state index contributed by atoms with van der Waals surface area (Å²) in [6.45, 7) is 0.921. The first-order valence-electron chi connectivity index (χ1n) is 8.76. The van der Waals surface area contributed by atoms with E-state index in [1.165, 1.54) is 19.2 Å². The number of hydrogen-bond acceptors (Lipinski definition) is 4. The number of nitrogens with zero attached hydrogens (tertiary/aromatic N) is 3. The molecule has 3 rings (SSSR count). The predicted octanol–water partition coefficient (Wildman–Crippen LogP) is 1.08.